The van der Waals surface area contributed by atoms with Gasteiger partial charge in [0.1, 0.15) is 11.2 Å². The number of benzene rings is 1. The lowest BCUT2D eigenvalue weighted by atomic mass is 10.3. The number of nitro groups is 1. The molecule has 0 radical (unpaired) electrons. The molecule has 0 spiro atoms. The fraction of sp³-hybridized carbons (Fsp3) is 0.100. The minimum absolute atomic E-state index is 0.0920. The summed E-state index contributed by atoms with van der Waals surface area (Å²) in [6, 6.07) is 7.20. The summed E-state index contributed by atoms with van der Waals surface area (Å²) in [5.74, 6) is 0.145. The Hall–Kier alpha value is -2.77. The molecule has 8 heteroatoms. The minimum atomic E-state index is -0.482. The van der Waals surface area contributed by atoms with E-state index < -0.39 is 4.92 Å². The zero-order valence-corrected chi connectivity index (χ0v) is 9.36. The van der Waals surface area contributed by atoms with E-state index in [-0.39, 0.29) is 11.5 Å². The van der Waals surface area contributed by atoms with Crippen LogP contribution in [0.25, 0.3) is 16.9 Å². The summed E-state index contributed by atoms with van der Waals surface area (Å²) in [6.45, 7) is 1.59. The number of nitrogens with one attached hydrogen (secondary N) is 1. The number of hydrogen-bond donors (Lipinski definition) is 1. The highest BCUT2D eigenvalue weighted by Crippen LogP contribution is 2.25. The smallest absolute Gasteiger partial charge is 0.273 e. The molecule has 1 N–H and O–H groups in total. The third-order valence-electron chi connectivity index (χ3n) is 2.63. The molecule has 0 amide bonds. The molecule has 2 heterocycles. The zero-order chi connectivity index (χ0) is 12.7. The summed E-state index contributed by atoms with van der Waals surface area (Å²) in [4.78, 5) is 10.5. The average Bonchev–Trinajstić information content (AvgIpc) is 2.92. The van der Waals surface area contributed by atoms with E-state index in [1.165, 1.54) is 4.68 Å². The fourth-order valence-electron chi connectivity index (χ4n) is 1.80. The summed E-state index contributed by atoms with van der Waals surface area (Å²) in [5, 5.41) is 25.4. The summed E-state index contributed by atoms with van der Waals surface area (Å²) in [7, 11) is 0. The second-order valence-corrected chi connectivity index (χ2v) is 3.77. The third-order valence-corrected chi connectivity index (χ3v) is 2.63. The number of H-pyrrole nitrogens is 1. The summed E-state index contributed by atoms with van der Waals surface area (Å²) in [6.07, 6.45) is 0. The SMILES string of the molecule is Cc1[nH]nc(-n2nnc3ccccc32)c1[N+](=O)[O-]. The van der Waals surface area contributed by atoms with Crippen molar-refractivity contribution in [2.45, 2.75) is 6.92 Å². The van der Waals surface area contributed by atoms with Crippen LogP contribution in [0.5, 0.6) is 0 Å². The first-order valence-corrected chi connectivity index (χ1v) is 5.18. The highest BCUT2D eigenvalue weighted by Gasteiger charge is 2.24. The van der Waals surface area contributed by atoms with Gasteiger partial charge in [0, 0.05) is 0 Å². The molecule has 0 saturated carbocycles. The maximum Gasteiger partial charge on any atom is 0.335 e. The van der Waals surface area contributed by atoms with Crippen molar-refractivity contribution in [3.8, 4) is 5.82 Å². The van der Waals surface area contributed by atoms with Crippen molar-refractivity contribution in [2.75, 3.05) is 0 Å². The van der Waals surface area contributed by atoms with E-state index in [2.05, 4.69) is 20.5 Å². The van der Waals surface area contributed by atoms with Gasteiger partial charge in [0.2, 0.25) is 0 Å². The van der Waals surface area contributed by atoms with Gasteiger partial charge in [0.25, 0.3) is 5.82 Å². The van der Waals surface area contributed by atoms with Crippen LogP contribution in [0, 0.1) is 17.0 Å². The normalized spacial score (nSPS) is 10.9. The maximum atomic E-state index is 11.0. The molecule has 1 aromatic carbocycles. The Balaban J connectivity index is 2.30. The fourth-order valence-corrected chi connectivity index (χ4v) is 1.80. The van der Waals surface area contributed by atoms with Gasteiger partial charge in [-0.3, -0.25) is 15.2 Å². The van der Waals surface area contributed by atoms with Crippen LogP contribution in [0.2, 0.25) is 0 Å². The lowest BCUT2D eigenvalue weighted by molar-refractivity contribution is -0.385. The quantitative estimate of drug-likeness (QED) is 0.541. The highest BCUT2D eigenvalue weighted by molar-refractivity contribution is 5.76. The molecule has 0 saturated heterocycles. The van der Waals surface area contributed by atoms with E-state index >= 15 is 0 Å². The Morgan fingerprint density at radius 2 is 2.17 bits per heavy atom. The van der Waals surface area contributed by atoms with Crippen LogP contribution >= 0.6 is 0 Å². The first-order valence-electron chi connectivity index (χ1n) is 5.18. The molecule has 2 aromatic heterocycles. The standard InChI is InChI=1S/C10H8N6O2/c1-6-9(16(17)18)10(13-11-6)15-8-5-3-2-4-7(8)12-14-15/h2-5H,1H3,(H,11,13). The first-order chi connectivity index (χ1) is 8.68. The molecule has 8 nitrogen and oxygen atoms in total. The van der Waals surface area contributed by atoms with Gasteiger partial charge in [-0.25, -0.2) is 0 Å². The van der Waals surface area contributed by atoms with Crippen LogP contribution in [0.15, 0.2) is 24.3 Å². The Labute approximate surface area is 100 Å². The van der Waals surface area contributed by atoms with Gasteiger partial charge < -0.3 is 0 Å². The van der Waals surface area contributed by atoms with Crippen LogP contribution < -0.4 is 0 Å². The number of fused-ring (bicyclic) bond motifs is 1. The second kappa shape index (κ2) is 3.62. The molecule has 0 aliphatic carbocycles. The monoisotopic (exact) mass is 244 g/mol. The second-order valence-electron chi connectivity index (χ2n) is 3.77. The topological polar surface area (TPSA) is 103 Å². The van der Waals surface area contributed by atoms with Gasteiger partial charge in [-0.15, -0.1) is 10.2 Å². The van der Waals surface area contributed by atoms with Gasteiger partial charge >= 0.3 is 5.69 Å². The number of nitrogens with zero attached hydrogens (tertiary/aromatic N) is 5. The van der Waals surface area contributed by atoms with Crippen molar-refractivity contribution in [3.05, 3.63) is 40.1 Å². The van der Waals surface area contributed by atoms with E-state index in [1.807, 2.05) is 12.1 Å². The maximum absolute atomic E-state index is 11.0. The third kappa shape index (κ3) is 1.35. The molecule has 0 aliphatic rings. The molecule has 3 aromatic rings. The van der Waals surface area contributed by atoms with Crippen LogP contribution in [0.4, 0.5) is 5.69 Å². The predicted octanol–water partition coefficient (Wildman–Crippen LogP) is 1.36. The van der Waals surface area contributed by atoms with Crippen LogP contribution in [0.3, 0.4) is 0 Å². The summed E-state index contributed by atoms with van der Waals surface area (Å²) in [5.41, 5.74) is 1.62. The van der Waals surface area contributed by atoms with Crippen molar-refractivity contribution >= 4 is 16.7 Å². The molecule has 3 rings (SSSR count). The molecule has 0 bridgehead atoms. The lowest BCUT2D eigenvalue weighted by Crippen LogP contribution is -2.01. The molecule has 0 aliphatic heterocycles. The van der Waals surface area contributed by atoms with Gasteiger partial charge in [0.05, 0.1) is 10.4 Å². The van der Waals surface area contributed by atoms with E-state index in [1.54, 1.807) is 19.1 Å². The number of aryl methyl sites for hydroxylation is 1. The molecule has 18 heavy (non-hydrogen) atoms. The van der Waals surface area contributed by atoms with E-state index in [0.29, 0.717) is 16.7 Å². The van der Waals surface area contributed by atoms with Crippen molar-refractivity contribution in [1.29, 1.82) is 0 Å². The zero-order valence-electron chi connectivity index (χ0n) is 9.36. The summed E-state index contributed by atoms with van der Waals surface area (Å²) < 4.78 is 1.36. The van der Waals surface area contributed by atoms with Crippen LogP contribution in [0.1, 0.15) is 5.69 Å². The Kier molecular flexibility index (Phi) is 2.09. The highest BCUT2D eigenvalue weighted by atomic mass is 16.6. The molecule has 0 atom stereocenters. The van der Waals surface area contributed by atoms with Crippen LogP contribution in [-0.4, -0.2) is 30.1 Å². The van der Waals surface area contributed by atoms with Gasteiger partial charge in [-0.05, 0) is 19.1 Å². The Morgan fingerprint density at radius 3 is 2.94 bits per heavy atom. The van der Waals surface area contributed by atoms with Gasteiger partial charge in [0.15, 0.2) is 0 Å². The number of aromatic amines is 1. The number of aromatic nitrogens is 5. The van der Waals surface area contributed by atoms with Crippen LogP contribution in [-0.2, 0) is 0 Å². The number of rotatable bonds is 2. The van der Waals surface area contributed by atoms with Crippen molar-refractivity contribution in [2.24, 2.45) is 0 Å². The van der Waals surface area contributed by atoms with Crippen molar-refractivity contribution < 1.29 is 4.92 Å². The van der Waals surface area contributed by atoms with Gasteiger partial charge in [-0.2, -0.15) is 4.68 Å². The Morgan fingerprint density at radius 1 is 1.39 bits per heavy atom. The number of para-hydroxylation sites is 1. The Bertz CT molecular complexity index is 744. The molecule has 0 fully saturated rings. The number of hydrogen-bond acceptors (Lipinski definition) is 5. The molecular formula is C10H8N6O2. The van der Waals surface area contributed by atoms with Gasteiger partial charge in [-0.1, -0.05) is 17.3 Å². The molecule has 0 unspecified atom stereocenters. The van der Waals surface area contributed by atoms with Crippen molar-refractivity contribution in [1.82, 2.24) is 25.2 Å². The molecule has 90 valence electrons. The predicted molar refractivity (Wildman–Crippen MR) is 62.4 cm³/mol. The first kappa shape index (κ1) is 10.4. The minimum Gasteiger partial charge on any atom is -0.273 e. The van der Waals surface area contributed by atoms with Crippen molar-refractivity contribution in [3.63, 3.8) is 0 Å². The van der Waals surface area contributed by atoms with E-state index in [4.69, 9.17) is 0 Å². The largest absolute Gasteiger partial charge is 0.335 e. The average molecular weight is 244 g/mol. The summed E-state index contributed by atoms with van der Waals surface area (Å²) >= 11 is 0. The van der Waals surface area contributed by atoms with E-state index in [9.17, 15) is 10.1 Å². The molecular weight excluding hydrogens is 236 g/mol. The van der Waals surface area contributed by atoms with E-state index in [0.717, 1.165) is 0 Å². The lowest BCUT2D eigenvalue weighted by Gasteiger charge is -1.96.